The van der Waals surface area contributed by atoms with E-state index in [0.717, 1.165) is 0 Å². The molecule has 3 aromatic rings. The van der Waals surface area contributed by atoms with Crippen LogP contribution in [-0.2, 0) is 0 Å². The maximum atomic E-state index is 12.1. The topological polar surface area (TPSA) is 70.7 Å². The molecule has 3 rings (SSSR count). The second-order valence-electron chi connectivity index (χ2n) is 4.44. The summed E-state index contributed by atoms with van der Waals surface area (Å²) in [4.78, 5) is 12.1. The van der Waals surface area contributed by atoms with Crippen LogP contribution in [0.3, 0.4) is 0 Å². The number of hydrogen-bond acceptors (Lipinski definition) is 4. The van der Waals surface area contributed by atoms with Crippen molar-refractivity contribution in [2.45, 2.75) is 0 Å². The van der Waals surface area contributed by atoms with Crippen molar-refractivity contribution in [1.82, 2.24) is 0 Å². The normalized spacial score (nSPS) is 11.0. The Labute approximate surface area is 135 Å². The van der Waals surface area contributed by atoms with E-state index in [2.05, 4.69) is 31.9 Å². The minimum atomic E-state index is -0.248. The van der Waals surface area contributed by atoms with Gasteiger partial charge in [0.15, 0.2) is 5.43 Å². The van der Waals surface area contributed by atoms with E-state index in [1.165, 1.54) is 18.2 Å². The van der Waals surface area contributed by atoms with Crippen LogP contribution in [0.1, 0.15) is 0 Å². The molecule has 0 fully saturated rings. The van der Waals surface area contributed by atoms with Crippen molar-refractivity contribution in [3.05, 3.63) is 55.6 Å². The van der Waals surface area contributed by atoms with Crippen LogP contribution in [0.4, 0.5) is 0 Å². The SMILES string of the molecule is O=c1cc(-c2cc(Br)c(O)c(Br)c2)oc2ccc(O)cc12. The third-order valence-electron chi connectivity index (χ3n) is 3.01. The van der Waals surface area contributed by atoms with Gasteiger partial charge < -0.3 is 14.6 Å². The summed E-state index contributed by atoms with van der Waals surface area (Å²) in [5.41, 5.74) is 0.775. The van der Waals surface area contributed by atoms with E-state index >= 15 is 0 Å². The highest BCUT2D eigenvalue weighted by Crippen LogP contribution is 2.37. The van der Waals surface area contributed by atoms with Crippen molar-refractivity contribution in [2.24, 2.45) is 0 Å². The quantitative estimate of drug-likeness (QED) is 0.622. The minimum absolute atomic E-state index is 0.0117. The monoisotopic (exact) mass is 410 g/mol. The van der Waals surface area contributed by atoms with Gasteiger partial charge in [-0.1, -0.05) is 0 Å². The highest BCUT2D eigenvalue weighted by molar-refractivity contribution is 9.11. The Hall–Kier alpha value is -1.79. The van der Waals surface area contributed by atoms with Crippen LogP contribution < -0.4 is 5.43 Å². The van der Waals surface area contributed by atoms with Crippen LogP contribution >= 0.6 is 31.9 Å². The van der Waals surface area contributed by atoms with E-state index in [9.17, 15) is 15.0 Å². The number of hydrogen-bond donors (Lipinski definition) is 2. The molecule has 0 bridgehead atoms. The maximum absolute atomic E-state index is 12.1. The summed E-state index contributed by atoms with van der Waals surface area (Å²) in [6.07, 6.45) is 0. The Kier molecular flexibility index (Phi) is 3.51. The van der Waals surface area contributed by atoms with Gasteiger partial charge in [-0.05, 0) is 62.2 Å². The molecule has 1 heterocycles. The van der Waals surface area contributed by atoms with Gasteiger partial charge in [0.1, 0.15) is 22.8 Å². The van der Waals surface area contributed by atoms with Crippen LogP contribution in [0.25, 0.3) is 22.3 Å². The molecule has 0 saturated heterocycles. The van der Waals surface area contributed by atoms with E-state index in [-0.39, 0.29) is 16.9 Å². The van der Waals surface area contributed by atoms with Gasteiger partial charge in [0.2, 0.25) is 0 Å². The predicted molar refractivity (Wildman–Crippen MR) is 86.6 cm³/mol. The highest BCUT2D eigenvalue weighted by Gasteiger charge is 2.12. The zero-order valence-corrected chi connectivity index (χ0v) is 13.6. The average Bonchev–Trinajstić information content (AvgIpc) is 2.44. The smallest absolute Gasteiger partial charge is 0.193 e. The molecular formula is C15H8Br2O4. The highest BCUT2D eigenvalue weighted by atomic mass is 79.9. The Morgan fingerprint density at radius 1 is 0.952 bits per heavy atom. The molecule has 0 unspecified atom stereocenters. The summed E-state index contributed by atoms with van der Waals surface area (Å²) in [7, 11) is 0. The van der Waals surface area contributed by atoms with Gasteiger partial charge in [-0.2, -0.15) is 0 Å². The fourth-order valence-electron chi connectivity index (χ4n) is 1.99. The molecule has 0 aliphatic rings. The summed E-state index contributed by atoms with van der Waals surface area (Å²) in [6.45, 7) is 0. The summed E-state index contributed by atoms with van der Waals surface area (Å²) >= 11 is 6.48. The lowest BCUT2D eigenvalue weighted by atomic mass is 10.1. The summed E-state index contributed by atoms with van der Waals surface area (Å²) < 4.78 is 6.67. The van der Waals surface area contributed by atoms with Gasteiger partial charge >= 0.3 is 0 Å². The number of fused-ring (bicyclic) bond motifs is 1. The fourth-order valence-corrected chi connectivity index (χ4v) is 3.18. The van der Waals surface area contributed by atoms with Crippen molar-refractivity contribution in [3.63, 3.8) is 0 Å². The van der Waals surface area contributed by atoms with Crippen molar-refractivity contribution >= 4 is 42.8 Å². The van der Waals surface area contributed by atoms with Crippen LogP contribution in [0.5, 0.6) is 11.5 Å². The largest absolute Gasteiger partial charge is 0.508 e. The lowest BCUT2D eigenvalue weighted by Gasteiger charge is -2.06. The molecule has 1 aromatic heterocycles. The van der Waals surface area contributed by atoms with Gasteiger partial charge in [-0.15, -0.1) is 0 Å². The lowest BCUT2D eigenvalue weighted by Crippen LogP contribution is -2.00. The third-order valence-corrected chi connectivity index (χ3v) is 4.22. The van der Waals surface area contributed by atoms with Crippen LogP contribution in [0, 0.1) is 0 Å². The van der Waals surface area contributed by atoms with Crippen LogP contribution in [0.2, 0.25) is 0 Å². The molecule has 0 aliphatic carbocycles. The molecule has 21 heavy (non-hydrogen) atoms. The molecule has 0 saturated carbocycles. The van der Waals surface area contributed by atoms with E-state index in [4.69, 9.17) is 4.42 Å². The molecule has 0 amide bonds. The van der Waals surface area contributed by atoms with Crippen molar-refractivity contribution in [3.8, 4) is 22.8 Å². The van der Waals surface area contributed by atoms with Gasteiger partial charge in [-0.25, -0.2) is 0 Å². The van der Waals surface area contributed by atoms with Crippen molar-refractivity contribution < 1.29 is 14.6 Å². The van der Waals surface area contributed by atoms with Gasteiger partial charge in [0, 0.05) is 11.6 Å². The summed E-state index contributed by atoms with van der Waals surface area (Å²) in [5, 5.41) is 19.5. The average molecular weight is 412 g/mol. The molecule has 0 spiro atoms. The molecule has 4 nitrogen and oxygen atoms in total. The fraction of sp³-hybridized carbons (Fsp3) is 0. The van der Waals surface area contributed by atoms with Crippen LogP contribution in [-0.4, -0.2) is 10.2 Å². The van der Waals surface area contributed by atoms with Crippen molar-refractivity contribution in [1.29, 1.82) is 0 Å². The Morgan fingerprint density at radius 2 is 1.62 bits per heavy atom. The Bertz CT molecular complexity index is 892. The first kappa shape index (κ1) is 14.2. The van der Waals surface area contributed by atoms with Crippen molar-refractivity contribution in [2.75, 3.05) is 0 Å². The third kappa shape index (κ3) is 2.56. The Morgan fingerprint density at radius 3 is 2.29 bits per heavy atom. The number of halogens is 2. The Balaban J connectivity index is 2.27. The van der Waals surface area contributed by atoms with E-state index in [1.54, 1.807) is 18.2 Å². The van der Waals surface area contributed by atoms with E-state index in [1.807, 2.05) is 0 Å². The zero-order valence-electron chi connectivity index (χ0n) is 10.4. The molecule has 2 N–H and O–H groups in total. The number of aromatic hydroxyl groups is 2. The second kappa shape index (κ2) is 5.20. The molecular weight excluding hydrogens is 404 g/mol. The molecule has 0 radical (unpaired) electrons. The van der Waals surface area contributed by atoms with E-state index < -0.39 is 0 Å². The first-order chi connectivity index (χ1) is 9.95. The summed E-state index contributed by atoms with van der Waals surface area (Å²) in [5.74, 6) is 0.462. The molecule has 0 aliphatic heterocycles. The number of rotatable bonds is 1. The van der Waals surface area contributed by atoms with Gasteiger partial charge in [-0.3, -0.25) is 4.79 Å². The molecule has 6 heteroatoms. The van der Waals surface area contributed by atoms with E-state index in [0.29, 0.717) is 31.2 Å². The maximum Gasteiger partial charge on any atom is 0.193 e. The molecule has 106 valence electrons. The predicted octanol–water partition coefficient (Wildman–Crippen LogP) is 4.40. The number of phenols is 2. The molecule has 2 aromatic carbocycles. The standard InChI is InChI=1S/C15H8Br2O4/c16-10-3-7(4-11(17)15(10)20)14-6-12(19)9-5-8(18)1-2-13(9)21-14/h1-6,18,20H. The second-order valence-corrected chi connectivity index (χ2v) is 6.15. The first-order valence-corrected chi connectivity index (χ1v) is 7.49. The summed E-state index contributed by atoms with van der Waals surface area (Å²) in [6, 6.07) is 9.04. The van der Waals surface area contributed by atoms with Gasteiger partial charge in [0.05, 0.1) is 14.3 Å². The minimum Gasteiger partial charge on any atom is -0.508 e. The number of phenolic OH excluding ortho intramolecular Hbond substituents is 2. The van der Waals surface area contributed by atoms with Gasteiger partial charge in [0.25, 0.3) is 0 Å². The molecule has 0 atom stereocenters. The number of benzene rings is 2. The zero-order chi connectivity index (χ0) is 15.1. The lowest BCUT2D eigenvalue weighted by molar-refractivity contribution is 0.468. The first-order valence-electron chi connectivity index (χ1n) is 5.91. The van der Waals surface area contributed by atoms with Crippen LogP contribution in [0.15, 0.2) is 54.6 Å².